The van der Waals surface area contributed by atoms with Gasteiger partial charge in [-0.3, -0.25) is 9.79 Å². The number of rotatable bonds is 16. The van der Waals surface area contributed by atoms with E-state index in [0.29, 0.717) is 94.0 Å². The summed E-state index contributed by atoms with van der Waals surface area (Å²) in [6, 6.07) is 65.9. The van der Waals surface area contributed by atoms with Gasteiger partial charge in [0.05, 0.1) is 0 Å². The summed E-state index contributed by atoms with van der Waals surface area (Å²) < 4.78 is 59.1. The minimum absolute atomic E-state index is 0.437. The highest BCUT2D eigenvalue weighted by molar-refractivity contribution is 7.48. The van der Waals surface area contributed by atoms with E-state index in [2.05, 4.69) is 170 Å². The van der Waals surface area contributed by atoms with E-state index in [4.69, 9.17) is 18.1 Å². The third-order valence-corrected chi connectivity index (χ3v) is 41.6. The Balaban J connectivity index is 0.000000152. The molecule has 2 N–H and O–H groups in total. The molecule has 0 bridgehead atoms. The van der Waals surface area contributed by atoms with Gasteiger partial charge in [-0.05, 0) is 381 Å². The van der Waals surface area contributed by atoms with Gasteiger partial charge in [-0.15, -0.1) is 0 Å². The predicted octanol–water partition coefficient (Wildman–Crippen LogP) is 42.3. The molecule has 12 saturated carbocycles. The van der Waals surface area contributed by atoms with Gasteiger partial charge in [-0.25, -0.2) is 9.13 Å². The molecule has 10 heteroatoms. The first kappa shape index (κ1) is 98.0. The van der Waals surface area contributed by atoms with Crippen LogP contribution in [0.5, 0.6) is 23.0 Å². The van der Waals surface area contributed by atoms with Crippen LogP contribution in [0, 0.1) is 0 Å². The van der Waals surface area contributed by atoms with Crippen molar-refractivity contribution in [3.8, 4) is 89.8 Å². The number of hydrogen-bond donors (Lipinski definition) is 2. The highest BCUT2D eigenvalue weighted by Crippen LogP contribution is 2.69. The summed E-state index contributed by atoms with van der Waals surface area (Å²) in [5, 5.41) is 8.72. The van der Waals surface area contributed by atoms with Crippen LogP contribution in [0.15, 0.2) is 170 Å². The van der Waals surface area contributed by atoms with Crippen LogP contribution in [-0.4, -0.2) is 9.79 Å². The quantitative estimate of drug-likeness (QED) is 0.0921. The Morgan fingerprint density at radius 2 is 0.308 bits per heavy atom. The molecule has 0 unspecified atom stereocenters. The number of fused-ring (bicyclic) bond motifs is 14. The van der Waals surface area contributed by atoms with Gasteiger partial charge in [0.15, 0.2) is 0 Å². The smallest absolute Gasteiger partial charge is 0.394 e. The second-order valence-corrected chi connectivity index (χ2v) is 51.6. The first-order valence-electron chi connectivity index (χ1n) is 60.3. The van der Waals surface area contributed by atoms with Gasteiger partial charge in [-0.1, -0.05) is 377 Å². The van der Waals surface area contributed by atoms with Gasteiger partial charge < -0.3 is 18.1 Å². The standard InChI is InChI=1S/2C68H81O4P/c2*69-73(70)71-67-61(63-57(47-27-11-3-12-28-47)41-53(45-23-7-1-8-24-45)42-58(63)48-29-13-4-14-30-48)39-51-35-19-21-37-55(51)65(67)66-56-38-22-20-36-52(56)40-62(68(66)72-73)64-59(49-31-15-5-16-32-49)43-54(46-25-9-2-10-26-46)44-60(64)50-33-17-6-18-34-50/h2*19-22,35-50H,1-18,23-34H2,(H,69,70). The van der Waals surface area contributed by atoms with Gasteiger partial charge in [0.2, 0.25) is 0 Å². The Kier molecular flexibility index (Phi) is 29.2. The maximum Gasteiger partial charge on any atom is 0.584 e. The monoisotopic (exact) mass is 1990 g/mol. The van der Waals surface area contributed by atoms with E-state index in [-0.39, 0.29) is 0 Å². The van der Waals surface area contributed by atoms with Gasteiger partial charge in [0.25, 0.3) is 0 Å². The lowest BCUT2D eigenvalue weighted by Crippen LogP contribution is -2.14. The molecule has 12 fully saturated rings. The molecule has 8 nitrogen and oxygen atoms in total. The second kappa shape index (κ2) is 43.5. The molecule has 0 aromatic heterocycles. The zero-order valence-corrected chi connectivity index (χ0v) is 89.5. The summed E-state index contributed by atoms with van der Waals surface area (Å²) in [6.45, 7) is 0. The van der Waals surface area contributed by atoms with Crippen LogP contribution in [0.4, 0.5) is 0 Å². The molecular formula is C136H162O8P2. The topological polar surface area (TPSA) is 112 Å². The summed E-state index contributed by atoms with van der Waals surface area (Å²) in [4.78, 5) is 25.5. The van der Waals surface area contributed by atoms with Gasteiger partial charge >= 0.3 is 15.6 Å². The first-order valence-corrected chi connectivity index (χ1v) is 63.3. The molecule has 0 radical (unpaired) electrons. The molecule has 12 aliphatic carbocycles. The largest absolute Gasteiger partial charge is 0.584 e. The van der Waals surface area contributed by atoms with Crippen LogP contribution in [0.2, 0.25) is 0 Å². The number of benzene rings is 12. The summed E-state index contributed by atoms with van der Waals surface area (Å²) in [6.07, 6.45) is 75.4. The van der Waals surface area contributed by atoms with Gasteiger partial charge in [-0.2, -0.15) is 0 Å². The Bertz CT molecular complexity index is 5890. The van der Waals surface area contributed by atoms with E-state index in [1.807, 2.05) is 0 Å². The first-order chi connectivity index (χ1) is 71.9. The molecule has 12 aromatic carbocycles. The molecule has 26 rings (SSSR count). The van der Waals surface area contributed by atoms with E-state index < -0.39 is 15.6 Å². The summed E-state index contributed by atoms with van der Waals surface area (Å²) in [5.41, 5.74) is 30.6. The van der Waals surface area contributed by atoms with Crippen LogP contribution in [0.1, 0.15) is 523 Å². The fourth-order valence-electron chi connectivity index (χ4n) is 32.6. The van der Waals surface area contributed by atoms with Crippen molar-refractivity contribution >= 4 is 58.7 Å². The lowest BCUT2D eigenvalue weighted by molar-refractivity contribution is 0.293. The van der Waals surface area contributed by atoms with Gasteiger partial charge in [0, 0.05) is 44.5 Å². The Morgan fingerprint density at radius 1 is 0.171 bits per heavy atom. The third-order valence-electron chi connectivity index (χ3n) is 40.0. The molecule has 0 amide bonds. The van der Waals surface area contributed by atoms with Crippen molar-refractivity contribution in [3.63, 3.8) is 0 Å². The molecule has 12 aromatic rings. The van der Waals surface area contributed by atoms with Crippen LogP contribution >= 0.6 is 15.6 Å². The number of phosphoric acid groups is 2. The highest BCUT2D eigenvalue weighted by Gasteiger charge is 2.46. The minimum atomic E-state index is -4.80. The highest BCUT2D eigenvalue weighted by atomic mass is 31.2. The predicted molar refractivity (Wildman–Crippen MR) is 608 cm³/mol. The zero-order valence-electron chi connectivity index (χ0n) is 87.8. The third kappa shape index (κ3) is 19.8. The van der Waals surface area contributed by atoms with E-state index >= 15 is 9.13 Å². The maximum atomic E-state index is 15.6. The molecule has 0 atom stereocenters. The van der Waals surface area contributed by atoms with E-state index in [1.165, 1.54) is 452 Å². The second-order valence-electron chi connectivity index (χ2n) is 49.0. The summed E-state index contributed by atoms with van der Waals surface area (Å²) in [5.74, 6) is 7.97. The van der Waals surface area contributed by atoms with Crippen LogP contribution in [-0.2, 0) is 9.13 Å². The average molecular weight is 1990 g/mol. The van der Waals surface area contributed by atoms with E-state index in [1.54, 1.807) is 22.3 Å². The van der Waals surface area contributed by atoms with Crippen molar-refractivity contribution in [2.75, 3.05) is 0 Å². The van der Waals surface area contributed by atoms with Gasteiger partial charge in [0.1, 0.15) is 23.0 Å². The van der Waals surface area contributed by atoms with E-state index in [0.717, 1.165) is 87.6 Å². The van der Waals surface area contributed by atoms with Crippen LogP contribution in [0.25, 0.3) is 110 Å². The lowest BCUT2D eigenvalue weighted by Gasteiger charge is -2.33. The lowest BCUT2D eigenvalue weighted by atomic mass is 9.71. The number of hydrogen-bond acceptors (Lipinski definition) is 6. The molecule has 0 saturated heterocycles. The zero-order chi connectivity index (χ0) is 97.8. The van der Waals surface area contributed by atoms with Crippen molar-refractivity contribution < 1.29 is 37.0 Å². The van der Waals surface area contributed by atoms with Crippen molar-refractivity contribution in [2.45, 2.75) is 456 Å². The molecule has 14 aliphatic rings. The average Bonchev–Trinajstić information content (AvgIpc) is 1.51. The van der Waals surface area contributed by atoms with Crippen LogP contribution < -0.4 is 18.1 Å². The Labute approximate surface area is 872 Å². The molecule has 0 spiro atoms. The maximum absolute atomic E-state index is 15.6. The van der Waals surface area contributed by atoms with E-state index in [9.17, 15) is 9.79 Å². The molecule has 2 aliphatic heterocycles. The fraction of sp³-hybridized carbons (Fsp3) is 0.529. The minimum Gasteiger partial charge on any atom is -0.394 e. The number of phosphoric ester groups is 2. The van der Waals surface area contributed by atoms with Crippen molar-refractivity contribution in [3.05, 3.63) is 237 Å². The SMILES string of the molecule is O=P1(O)Oc2c(-c3c(C4CCCCC4)cc(C4CCCCC4)cc3C3CCCCC3)cc3ccccc3c2-c2c(c(-c3c(C4CCCCC4)cc(C4CCCCC4)cc3C3CCCCC3)cc3ccccc23)O1.O=P1(O)Oc2c(-c3c(C4CCCCC4)cc(C4CCCCC4)cc3C3CCCCC3)cc3ccccc3c2-c2c(c(-c3c(C4CCCCC4)cc(C4CCCCC4)cc3C3CCCCC3)cc3ccccc23)O1. The summed E-state index contributed by atoms with van der Waals surface area (Å²) in [7, 11) is -9.60. The Morgan fingerprint density at radius 3 is 0.459 bits per heavy atom. The molecule has 2 heterocycles. The summed E-state index contributed by atoms with van der Waals surface area (Å²) >= 11 is 0. The van der Waals surface area contributed by atoms with Crippen LogP contribution in [0.3, 0.4) is 0 Å². The fourth-order valence-corrected chi connectivity index (χ4v) is 34.3. The van der Waals surface area contributed by atoms with Crippen molar-refractivity contribution in [2.24, 2.45) is 0 Å². The van der Waals surface area contributed by atoms with Crippen molar-refractivity contribution in [1.82, 2.24) is 0 Å². The molecule has 146 heavy (non-hydrogen) atoms. The Hall–Kier alpha value is -8.74. The normalized spacial score (nSPS) is 22.1. The van der Waals surface area contributed by atoms with Crippen molar-refractivity contribution in [1.29, 1.82) is 0 Å². The molecular weight excluding hydrogens is 1820 g/mol. The molecule has 764 valence electrons.